The Bertz CT molecular complexity index is 489. The van der Waals surface area contributed by atoms with Crippen LogP contribution in [0.2, 0.25) is 5.15 Å². The molecule has 2 nitrogen and oxygen atoms in total. The molecule has 96 valence electrons. The van der Waals surface area contributed by atoms with Crippen LogP contribution in [-0.2, 0) is 0 Å². The maximum Gasteiger partial charge on any atom is 0.152 e. The number of allylic oxidation sites excluding steroid dienone is 2. The molecule has 0 aromatic carbocycles. The quantitative estimate of drug-likeness (QED) is 0.652. The van der Waals surface area contributed by atoms with Crippen molar-refractivity contribution < 1.29 is 0 Å². The van der Waals surface area contributed by atoms with Crippen LogP contribution in [0.15, 0.2) is 28.9 Å². The van der Waals surface area contributed by atoms with Gasteiger partial charge in [-0.1, -0.05) is 23.8 Å². The lowest BCUT2D eigenvalue weighted by molar-refractivity contribution is 0.400. The van der Waals surface area contributed by atoms with Crippen molar-refractivity contribution in [3.63, 3.8) is 0 Å². The van der Waals surface area contributed by atoms with E-state index in [9.17, 15) is 0 Å². The van der Waals surface area contributed by atoms with E-state index in [4.69, 9.17) is 11.6 Å². The van der Waals surface area contributed by atoms with E-state index in [1.807, 2.05) is 6.07 Å². The van der Waals surface area contributed by atoms with Crippen molar-refractivity contribution in [2.24, 2.45) is 17.8 Å². The Labute approximate surface area is 121 Å². The molecule has 4 unspecified atom stereocenters. The first kappa shape index (κ1) is 12.5. The van der Waals surface area contributed by atoms with Crippen LogP contribution in [0, 0.1) is 17.8 Å². The molecular formula is C14H16BrClN2. The molecule has 0 aliphatic heterocycles. The van der Waals surface area contributed by atoms with Crippen molar-refractivity contribution >= 4 is 33.2 Å². The van der Waals surface area contributed by atoms with Crippen LogP contribution in [-0.4, -0.2) is 11.0 Å². The molecule has 4 heteroatoms. The largest absolute Gasteiger partial charge is 0.380 e. The first-order valence-corrected chi connectivity index (χ1v) is 7.56. The van der Waals surface area contributed by atoms with Gasteiger partial charge in [-0.05, 0) is 59.5 Å². The number of halogens is 2. The predicted octanol–water partition coefficient (Wildman–Crippen LogP) is 4.51. The highest BCUT2D eigenvalue weighted by molar-refractivity contribution is 9.10. The van der Waals surface area contributed by atoms with Crippen molar-refractivity contribution in [2.75, 3.05) is 5.32 Å². The molecule has 1 heterocycles. The minimum atomic E-state index is 0.429. The van der Waals surface area contributed by atoms with E-state index >= 15 is 0 Å². The number of aromatic nitrogens is 1. The summed E-state index contributed by atoms with van der Waals surface area (Å²) in [5.41, 5.74) is 0.922. The van der Waals surface area contributed by atoms with E-state index in [-0.39, 0.29) is 0 Å². The van der Waals surface area contributed by atoms with Crippen molar-refractivity contribution in [3.8, 4) is 0 Å². The molecule has 2 aliphatic carbocycles. The van der Waals surface area contributed by atoms with Crippen molar-refractivity contribution in [1.82, 2.24) is 4.98 Å². The summed E-state index contributed by atoms with van der Waals surface area (Å²) < 4.78 is 0.953. The Kier molecular flexibility index (Phi) is 3.37. The monoisotopic (exact) mass is 326 g/mol. The standard InChI is InChI=1S/C14H16BrClN2/c1-8(12-5-9-2-3-10(12)4-9)18-13-6-11(15)7-17-14(13)16/h2-3,6-10,12,18H,4-5H2,1H3. The number of anilines is 1. The van der Waals surface area contributed by atoms with Gasteiger partial charge in [-0.3, -0.25) is 0 Å². The van der Waals surface area contributed by atoms with Gasteiger partial charge in [0.15, 0.2) is 5.15 Å². The molecule has 2 bridgehead atoms. The van der Waals surface area contributed by atoms with E-state index in [0.29, 0.717) is 11.2 Å². The molecule has 2 aliphatic rings. The molecule has 1 fully saturated rings. The van der Waals surface area contributed by atoms with Gasteiger partial charge in [0.1, 0.15) is 0 Å². The lowest BCUT2D eigenvalue weighted by atomic mass is 9.87. The van der Waals surface area contributed by atoms with Crippen LogP contribution in [0.3, 0.4) is 0 Å². The molecule has 18 heavy (non-hydrogen) atoms. The fourth-order valence-corrected chi connectivity index (χ4v) is 3.76. The van der Waals surface area contributed by atoms with E-state index in [1.165, 1.54) is 12.8 Å². The third kappa shape index (κ3) is 2.30. The highest BCUT2D eigenvalue weighted by Gasteiger charge is 2.38. The molecule has 1 aromatic rings. The zero-order valence-corrected chi connectivity index (χ0v) is 12.6. The van der Waals surface area contributed by atoms with Gasteiger partial charge < -0.3 is 5.32 Å². The summed E-state index contributed by atoms with van der Waals surface area (Å²) in [5, 5.41) is 4.06. The van der Waals surface area contributed by atoms with Gasteiger partial charge >= 0.3 is 0 Å². The van der Waals surface area contributed by atoms with Gasteiger partial charge in [0.2, 0.25) is 0 Å². The summed E-state index contributed by atoms with van der Waals surface area (Å²) in [7, 11) is 0. The third-order valence-corrected chi connectivity index (χ3v) is 4.90. The Morgan fingerprint density at radius 2 is 2.28 bits per heavy atom. The van der Waals surface area contributed by atoms with E-state index in [2.05, 4.69) is 45.3 Å². The molecular weight excluding hydrogens is 312 g/mol. The van der Waals surface area contributed by atoms with Gasteiger partial charge in [-0.25, -0.2) is 4.98 Å². The summed E-state index contributed by atoms with van der Waals surface area (Å²) in [4.78, 5) is 4.15. The van der Waals surface area contributed by atoms with Gasteiger partial charge in [0, 0.05) is 16.7 Å². The predicted molar refractivity (Wildman–Crippen MR) is 78.9 cm³/mol. The number of nitrogens with zero attached hydrogens (tertiary/aromatic N) is 1. The zero-order valence-electron chi connectivity index (χ0n) is 10.2. The molecule has 0 spiro atoms. The first-order valence-electron chi connectivity index (χ1n) is 6.39. The molecule has 0 saturated heterocycles. The fourth-order valence-electron chi connectivity index (χ4n) is 3.27. The van der Waals surface area contributed by atoms with Gasteiger partial charge in [-0.15, -0.1) is 0 Å². The zero-order chi connectivity index (χ0) is 12.7. The summed E-state index contributed by atoms with van der Waals surface area (Å²) in [6.45, 7) is 2.25. The second-order valence-corrected chi connectivity index (χ2v) is 6.64. The lowest BCUT2D eigenvalue weighted by Gasteiger charge is -2.27. The van der Waals surface area contributed by atoms with E-state index in [1.54, 1.807) is 6.20 Å². The van der Waals surface area contributed by atoms with Crippen molar-refractivity contribution in [2.45, 2.75) is 25.8 Å². The Balaban J connectivity index is 1.72. The molecule has 4 atom stereocenters. The Morgan fingerprint density at radius 1 is 1.44 bits per heavy atom. The van der Waals surface area contributed by atoms with Gasteiger partial charge in [-0.2, -0.15) is 0 Å². The fraction of sp³-hybridized carbons (Fsp3) is 0.500. The Morgan fingerprint density at radius 3 is 2.94 bits per heavy atom. The second-order valence-electron chi connectivity index (χ2n) is 5.37. The maximum absolute atomic E-state index is 6.12. The molecule has 0 amide bonds. The van der Waals surface area contributed by atoms with Gasteiger partial charge in [0.05, 0.1) is 5.69 Å². The van der Waals surface area contributed by atoms with Crippen LogP contribution in [0.5, 0.6) is 0 Å². The van der Waals surface area contributed by atoms with Crippen molar-refractivity contribution in [1.29, 1.82) is 0 Å². The van der Waals surface area contributed by atoms with Crippen LogP contribution in [0.1, 0.15) is 19.8 Å². The first-order chi connectivity index (χ1) is 8.63. The molecule has 0 radical (unpaired) electrons. The Hall–Kier alpha value is -0.540. The SMILES string of the molecule is CC(Nc1cc(Br)cnc1Cl)C1CC2C=CC1C2. The number of hydrogen-bond donors (Lipinski definition) is 1. The lowest BCUT2D eigenvalue weighted by Crippen LogP contribution is -2.29. The van der Waals surface area contributed by atoms with Crippen molar-refractivity contribution in [3.05, 3.63) is 34.0 Å². The average Bonchev–Trinajstić information content (AvgIpc) is 2.96. The molecule has 1 saturated carbocycles. The second kappa shape index (κ2) is 4.86. The van der Waals surface area contributed by atoms with E-state index < -0.39 is 0 Å². The number of nitrogens with one attached hydrogen (secondary N) is 1. The number of hydrogen-bond acceptors (Lipinski definition) is 2. The summed E-state index contributed by atoms with van der Waals surface area (Å²) in [6.07, 6.45) is 9.12. The summed E-state index contributed by atoms with van der Waals surface area (Å²) in [6, 6.07) is 2.42. The minimum absolute atomic E-state index is 0.429. The number of pyridine rings is 1. The highest BCUT2D eigenvalue weighted by Crippen LogP contribution is 2.45. The van der Waals surface area contributed by atoms with Gasteiger partial charge in [0.25, 0.3) is 0 Å². The normalized spacial score (nSPS) is 30.7. The topological polar surface area (TPSA) is 24.9 Å². The van der Waals surface area contributed by atoms with Crippen LogP contribution >= 0.6 is 27.5 Å². The highest BCUT2D eigenvalue weighted by atomic mass is 79.9. The summed E-state index contributed by atoms with van der Waals surface area (Å²) in [5.74, 6) is 2.27. The van der Waals surface area contributed by atoms with Crippen LogP contribution in [0.25, 0.3) is 0 Å². The maximum atomic E-state index is 6.12. The number of rotatable bonds is 3. The minimum Gasteiger partial charge on any atom is -0.380 e. The number of fused-ring (bicyclic) bond motifs is 2. The third-order valence-electron chi connectivity index (χ3n) is 4.16. The molecule has 1 N–H and O–H groups in total. The molecule has 3 rings (SSSR count). The molecule has 1 aromatic heterocycles. The van der Waals surface area contributed by atoms with Crippen LogP contribution < -0.4 is 5.32 Å². The average molecular weight is 328 g/mol. The smallest absolute Gasteiger partial charge is 0.152 e. The summed E-state index contributed by atoms with van der Waals surface area (Å²) >= 11 is 9.55. The van der Waals surface area contributed by atoms with E-state index in [0.717, 1.165) is 27.9 Å². The van der Waals surface area contributed by atoms with Crippen LogP contribution in [0.4, 0.5) is 5.69 Å².